The molecule has 0 N–H and O–H groups in total. The zero-order chi connectivity index (χ0) is 22.8. The lowest BCUT2D eigenvalue weighted by Crippen LogP contribution is -2.49. The molecule has 0 bridgehead atoms. The number of aromatic nitrogens is 6. The lowest BCUT2D eigenvalue weighted by Gasteiger charge is -2.35. The highest BCUT2D eigenvalue weighted by molar-refractivity contribution is 5.96. The minimum atomic E-state index is -0.507. The zero-order valence-corrected chi connectivity index (χ0v) is 18.0. The number of hydrogen-bond acceptors (Lipinski definition) is 6. The van der Waals surface area contributed by atoms with E-state index in [1.807, 2.05) is 25.3 Å². The van der Waals surface area contributed by atoms with Gasteiger partial charge in [0.25, 0.3) is 5.91 Å². The standard InChI is InChI=1S/C23H22FN7O2/c1-16-3-8-20(31-25-10-11-26-31)22(27-16)23(32)30-12-2-14-33-21(30)15-29-13-9-19(28-29)17-4-6-18(24)7-5-17/h3-11,13,21H,2,12,14-15H2,1H3. The maximum absolute atomic E-state index is 13.6. The molecule has 9 nitrogen and oxygen atoms in total. The molecular weight excluding hydrogens is 425 g/mol. The van der Waals surface area contributed by atoms with E-state index >= 15 is 0 Å². The Balaban J connectivity index is 1.39. The molecule has 1 fully saturated rings. The third-order valence-electron chi connectivity index (χ3n) is 5.44. The molecule has 0 saturated carbocycles. The number of aryl methyl sites for hydroxylation is 1. The number of halogens is 1. The first-order valence-corrected chi connectivity index (χ1v) is 10.6. The van der Waals surface area contributed by atoms with E-state index in [-0.39, 0.29) is 17.4 Å². The Morgan fingerprint density at radius 1 is 1.12 bits per heavy atom. The quantitative estimate of drug-likeness (QED) is 0.467. The molecule has 0 spiro atoms. The molecule has 33 heavy (non-hydrogen) atoms. The van der Waals surface area contributed by atoms with Gasteiger partial charge in [0.1, 0.15) is 11.5 Å². The van der Waals surface area contributed by atoms with Crippen LogP contribution in [0.5, 0.6) is 0 Å². The van der Waals surface area contributed by atoms with Crippen LogP contribution in [-0.2, 0) is 11.3 Å². The summed E-state index contributed by atoms with van der Waals surface area (Å²) in [5.74, 6) is -0.543. The number of carbonyl (C=O) groups is 1. The van der Waals surface area contributed by atoms with Gasteiger partial charge in [0.15, 0.2) is 11.9 Å². The molecule has 5 rings (SSSR count). The Hall–Kier alpha value is -3.92. The van der Waals surface area contributed by atoms with Crippen molar-refractivity contribution in [3.05, 3.63) is 78.3 Å². The highest BCUT2D eigenvalue weighted by Crippen LogP contribution is 2.21. The molecule has 1 saturated heterocycles. The molecule has 3 aromatic heterocycles. The average molecular weight is 447 g/mol. The van der Waals surface area contributed by atoms with E-state index in [0.29, 0.717) is 25.4 Å². The maximum atomic E-state index is 13.6. The summed E-state index contributed by atoms with van der Waals surface area (Å²) in [6.45, 7) is 3.28. The van der Waals surface area contributed by atoms with E-state index in [9.17, 15) is 9.18 Å². The highest BCUT2D eigenvalue weighted by atomic mass is 19.1. The first kappa shape index (κ1) is 21.0. The molecular formula is C23H22FN7O2. The van der Waals surface area contributed by atoms with Crippen LogP contribution in [0.2, 0.25) is 0 Å². The fraction of sp³-hybridized carbons (Fsp3) is 0.261. The van der Waals surface area contributed by atoms with Crippen molar-refractivity contribution in [2.45, 2.75) is 26.1 Å². The summed E-state index contributed by atoms with van der Waals surface area (Å²) in [6, 6.07) is 11.6. The van der Waals surface area contributed by atoms with Crippen LogP contribution in [0.3, 0.4) is 0 Å². The monoisotopic (exact) mass is 447 g/mol. The molecule has 1 aliphatic rings. The van der Waals surface area contributed by atoms with Crippen LogP contribution in [0, 0.1) is 12.7 Å². The molecule has 1 aliphatic heterocycles. The van der Waals surface area contributed by atoms with Crippen molar-refractivity contribution in [1.29, 1.82) is 0 Å². The van der Waals surface area contributed by atoms with Crippen LogP contribution < -0.4 is 0 Å². The second kappa shape index (κ2) is 8.91. The van der Waals surface area contributed by atoms with Crippen molar-refractivity contribution in [2.75, 3.05) is 13.2 Å². The van der Waals surface area contributed by atoms with Crippen molar-refractivity contribution in [1.82, 2.24) is 34.7 Å². The van der Waals surface area contributed by atoms with Crippen molar-refractivity contribution < 1.29 is 13.9 Å². The molecule has 4 aromatic rings. The molecule has 10 heteroatoms. The van der Waals surface area contributed by atoms with Gasteiger partial charge in [-0.15, -0.1) is 4.80 Å². The van der Waals surface area contributed by atoms with E-state index < -0.39 is 6.23 Å². The largest absolute Gasteiger partial charge is 0.356 e. The Morgan fingerprint density at radius 3 is 2.70 bits per heavy atom. The highest BCUT2D eigenvalue weighted by Gasteiger charge is 2.31. The third-order valence-corrected chi connectivity index (χ3v) is 5.44. The van der Waals surface area contributed by atoms with Gasteiger partial charge in [-0.05, 0) is 55.8 Å². The number of amides is 1. The van der Waals surface area contributed by atoms with Crippen LogP contribution in [0.25, 0.3) is 16.9 Å². The number of ether oxygens (including phenoxy) is 1. The molecule has 1 atom stereocenters. The second-order valence-electron chi connectivity index (χ2n) is 7.75. The summed E-state index contributed by atoms with van der Waals surface area (Å²) in [4.78, 5) is 21.1. The van der Waals surface area contributed by atoms with E-state index in [2.05, 4.69) is 20.3 Å². The summed E-state index contributed by atoms with van der Waals surface area (Å²) < 4.78 is 20.9. The number of carbonyl (C=O) groups excluding carboxylic acids is 1. The topological polar surface area (TPSA) is 91.0 Å². The number of benzene rings is 1. The summed E-state index contributed by atoms with van der Waals surface area (Å²) in [5.41, 5.74) is 3.04. The molecule has 1 amide bonds. The fourth-order valence-corrected chi connectivity index (χ4v) is 3.81. The zero-order valence-electron chi connectivity index (χ0n) is 18.0. The van der Waals surface area contributed by atoms with Gasteiger partial charge in [0, 0.05) is 24.0 Å². The molecule has 168 valence electrons. The Morgan fingerprint density at radius 2 is 1.91 bits per heavy atom. The molecule has 1 unspecified atom stereocenters. The Bertz CT molecular complexity index is 1250. The lowest BCUT2D eigenvalue weighted by atomic mass is 10.1. The summed E-state index contributed by atoms with van der Waals surface area (Å²) in [7, 11) is 0. The van der Waals surface area contributed by atoms with E-state index in [4.69, 9.17) is 4.74 Å². The van der Waals surface area contributed by atoms with E-state index in [1.54, 1.807) is 40.2 Å². The Kier molecular flexibility index (Phi) is 5.66. The smallest absolute Gasteiger partial charge is 0.276 e. The van der Waals surface area contributed by atoms with E-state index in [1.165, 1.54) is 16.9 Å². The van der Waals surface area contributed by atoms with Crippen LogP contribution in [-0.4, -0.2) is 59.9 Å². The average Bonchev–Trinajstić information content (AvgIpc) is 3.52. The van der Waals surface area contributed by atoms with Crippen LogP contribution in [0.1, 0.15) is 22.6 Å². The first-order valence-electron chi connectivity index (χ1n) is 10.6. The number of hydrogen-bond donors (Lipinski definition) is 0. The van der Waals surface area contributed by atoms with Crippen molar-refractivity contribution in [3.8, 4) is 16.9 Å². The van der Waals surface area contributed by atoms with Gasteiger partial charge >= 0.3 is 0 Å². The third kappa shape index (κ3) is 4.37. The van der Waals surface area contributed by atoms with Crippen molar-refractivity contribution in [2.24, 2.45) is 0 Å². The molecule has 0 aliphatic carbocycles. The Labute approximate surface area is 189 Å². The first-order chi connectivity index (χ1) is 16.1. The minimum absolute atomic E-state index is 0.249. The molecule has 0 radical (unpaired) electrons. The van der Waals surface area contributed by atoms with Crippen molar-refractivity contribution >= 4 is 5.91 Å². The predicted molar refractivity (Wildman–Crippen MR) is 117 cm³/mol. The van der Waals surface area contributed by atoms with E-state index in [0.717, 1.165) is 23.4 Å². The second-order valence-corrected chi connectivity index (χ2v) is 7.75. The normalized spacial score (nSPS) is 16.2. The van der Waals surface area contributed by atoms with Crippen LogP contribution in [0.4, 0.5) is 4.39 Å². The van der Waals surface area contributed by atoms with Crippen LogP contribution in [0.15, 0.2) is 61.1 Å². The van der Waals surface area contributed by atoms with Gasteiger partial charge < -0.3 is 9.64 Å². The summed E-state index contributed by atoms with van der Waals surface area (Å²) in [5, 5.41) is 12.9. The van der Waals surface area contributed by atoms with Gasteiger partial charge in [-0.3, -0.25) is 9.48 Å². The fourth-order valence-electron chi connectivity index (χ4n) is 3.81. The molecule has 1 aromatic carbocycles. The van der Waals surface area contributed by atoms with Crippen molar-refractivity contribution in [3.63, 3.8) is 0 Å². The lowest BCUT2D eigenvalue weighted by molar-refractivity contribution is -0.0862. The summed E-state index contributed by atoms with van der Waals surface area (Å²) >= 11 is 0. The molecule has 4 heterocycles. The maximum Gasteiger partial charge on any atom is 0.276 e. The van der Waals surface area contributed by atoms with Gasteiger partial charge in [0.2, 0.25) is 0 Å². The minimum Gasteiger partial charge on any atom is -0.356 e. The van der Waals surface area contributed by atoms with Gasteiger partial charge in [-0.1, -0.05) is 0 Å². The summed E-state index contributed by atoms with van der Waals surface area (Å²) in [6.07, 6.45) is 5.15. The SMILES string of the molecule is Cc1ccc(-n2nccn2)c(C(=O)N2CCCOC2Cn2ccc(-c3ccc(F)cc3)n2)n1. The number of pyridine rings is 1. The number of rotatable bonds is 5. The number of nitrogens with zero attached hydrogens (tertiary/aromatic N) is 7. The van der Waals surface area contributed by atoms with Crippen LogP contribution >= 0.6 is 0 Å². The predicted octanol–water partition coefficient (Wildman–Crippen LogP) is 2.86. The van der Waals surface area contributed by atoms with Gasteiger partial charge in [0.05, 0.1) is 31.2 Å². The van der Waals surface area contributed by atoms with Gasteiger partial charge in [-0.25, -0.2) is 9.37 Å². The van der Waals surface area contributed by atoms with Gasteiger partial charge in [-0.2, -0.15) is 15.3 Å².